The first-order valence-corrected chi connectivity index (χ1v) is 6.52. The topological polar surface area (TPSA) is 36.4 Å². The molecule has 100 valence electrons. The van der Waals surface area contributed by atoms with Gasteiger partial charge in [-0.05, 0) is 38.3 Å². The van der Waals surface area contributed by atoms with Crippen LogP contribution < -0.4 is 10.6 Å². The second-order valence-corrected chi connectivity index (χ2v) is 5.42. The van der Waals surface area contributed by atoms with Gasteiger partial charge in [0.15, 0.2) is 5.96 Å². The van der Waals surface area contributed by atoms with Crippen molar-refractivity contribution in [1.29, 1.82) is 0 Å². The van der Waals surface area contributed by atoms with Crippen LogP contribution in [0.2, 0.25) is 0 Å². The third-order valence-electron chi connectivity index (χ3n) is 2.66. The van der Waals surface area contributed by atoms with Crippen LogP contribution in [0.25, 0.3) is 0 Å². The van der Waals surface area contributed by atoms with Crippen LogP contribution in [0.5, 0.6) is 0 Å². The van der Waals surface area contributed by atoms with E-state index in [4.69, 9.17) is 0 Å². The van der Waals surface area contributed by atoms with E-state index in [0.29, 0.717) is 0 Å². The second-order valence-electron chi connectivity index (χ2n) is 5.42. The molecule has 0 saturated heterocycles. The van der Waals surface area contributed by atoms with Crippen LogP contribution >= 0.6 is 0 Å². The molecule has 0 amide bonds. The molecule has 0 atom stereocenters. The average molecular weight is 247 g/mol. The Labute approximate surface area is 111 Å². The third-order valence-corrected chi connectivity index (χ3v) is 2.66. The predicted octanol–water partition coefficient (Wildman–Crippen LogP) is 2.71. The lowest BCUT2D eigenvalue weighted by molar-refractivity contribution is 0.501. The van der Waals surface area contributed by atoms with E-state index in [1.807, 2.05) is 0 Å². The highest BCUT2D eigenvalue weighted by Gasteiger charge is 2.11. The highest BCUT2D eigenvalue weighted by Crippen LogP contribution is 2.09. The first-order valence-electron chi connectivity index (χ1n) is 6.52. The summed E-state index contributed by atoms with van der Waals surface area (Å²) < 4.78 is 0. The molecule has 0 aromatic heterocycles. The van der Waals surface area contributed by atoms with E-state index in [-0.39, 0.29) is 5.54 Å². The van der Waals surface area contributed by atoms with Crippen molar-refractivity contribution in [3.63, 3.8) is 0 Å². The fourth-order valence-electron chi connectivity index (χ4n) is 1.79. The third kappa shape index (κ3) is 4.78. The summed E-state index contributed by atoms with van der Waals surface area (Å²) in [4.78, 5) is 4.24. The molecule has 0 unspecified atom stereocenters. The van der Waals surface area contributed by atoms with E-state index < -0.39 is 0 Å². The fourth-order valence-corrected chi connectivity index (χ4v) is 1.79. The fraction of sp³-hybridized carbons (Fsp3) is 0.533. The zero-order chi connectivity index (χ0) is 13.6. The van der Waals surface area contributed by atoms with E-state index in [2.05, 4.69) is 67.6 Å². The molecule has 0 heterocycles. The largest absolute Gasteiger partial charge is 0.352 e. The minimum Gasteiger partial charge on any atom is -0.352 e. The van der Waals surface area contributed by atoms with Crippen molar-refractivity contribution >= 4 is 5.96 Å². The summed E-state index contributed by atoms with van der Waals surface area (Å²) in [6.07, 6.45) is 1.06. The predicted molar refractivity (Wildman–Crippen MR) is 78.9 cm³/mol. The van der Waals surface area contributed by atoms with Crippen molar-refractivity contribution in [2.45, 2.75) is 46.2 Å². The van der Waals surface area contributed by atoms with E-state index in [0.717, 1.165) is 18.9 Å². The number of rotatable bonds is 3. The molecule has 2 N–H and O–H groups in total. The van der Waals surface area contributed by atoms with Gasteiger partial charge in [0.1, 0.15) is 0 Å². The Morgan fingerprint density at radius 3 is 2.28 bits per heavy atom. The van der Waals surface area contributed by atoms with Gasteiger partial charge >= 0.3 is 0 Å². The van der Waals surface area contributed by atoms with Crippen molar-refractivity contribution < 1.29 is 0 Å². The van der Waals surface area contributed by atoms with Crippen molar-refractivity contribution in [2.75, 3.05) is 7.05 Å². The van der Waals surface area contributed by atoms with Crippen LogP contribution in [-0.2, 0) is 13.0 Å². The molecular formula is C15H25N3. The van der Waals surface area contributed by atoms with Crippen LogP contribution in [-0.4, -0.2) is 18.5 Å². The van der Waals surface area contributed by atoms with E-state index in [1.54, 1.807) is 7.05 Å². The van der Waals surface area contributed by atoms with Gasteiger partial charge in [0, 0.05) is 19.1 Å². The molecule has 3 heteroatoms. The minimum absolute atomic E-state index is 0.0200. The van der Waals surface area contributed by atoms with Crippen LogP contribution in [0.1, 0.15) is 38.8 Å². The summed E-state index contributed by atoms with van der Waals surface area (Å²) >= 11 is 0. The summed E-state index contributed by atoms with van der Waals surface area (Å²) in [5.41, 5.74) is 2.74. The van der Waals surface area contributed by atoms with E-state index in [9.17, 15) is 0 Å². The van der Waals surface area contributed by atoms with Gasteiger partial charge in [0.25, 0.3) is 0 Å². The van der Waals surface area contributed by atoms with Gasteiger partial charge < -0.3 is 10.6 Å². The Kier molecular flexibility index (Phi) is 5.20. The van der Waals surface area contributed by atoms with Crippen molar-refractivity contribution in [3.05, 3.63) is 35.4 Å². The molecule has 0 aliphatic rings. The maximum absolute atomic E-state index is 4.24. The molecule has 1 rings (SSSR count). The lowest BCUT2D eigenvalue weighted by atomic mass is 10.1. The first kappa shape index (κ1) is 14.6. The van der Waals surface area contributed by atoms with Gasteiger partial charge in [-0.1, -0.05) is 31.2 Å². The van der Waals surface area contributed by atoms with Crippen LogP contribution in [0.3, 0.4) is 0 Å². The molecule has 1 aromatic rings. The quantitative estimate of drug-likeness (QED) is 0.636. The van der Waals surface area contributed by atoms with Crippen LogP contribution in [0, 0.1) is 0 Å². The Bertz CT molecular complexity index is 402. The molecule has 0 spiro atoms. The molecule has 0 radical (unpaired) electrons. The lowest BCUT2D eigenvalue weighted by Gasteiger charge is -2.24. The number of hydrogen-bond acceptors (Lipinski definition) is 1. The molecule has 0 saturated carbocycles. The normalized spacial score (nSPS) is 12.4. The number of nitrogens with one attached hydrogen (secondary N) is 2. The number of aliphatic imine (C=N–C) groups is 1. The molecule has 0 bridgehead atoms. The molecule has 1 aromatic carbocycles. The standard InChI is InChI=1S/C15H25N3/c1-6-12-9-7-8-10-13(12)11-17-14(16-5)18-15(2,3)4/h7-10H,6,11H2,1-5H3,(H2,16,17,18). The Balaban J connectivity index is 2.63. The van der Waals surface area contributed by atoms with Crippen molar-refractivity contribution in [3.8, 4) is 0 Å². The zero-order valence-electron chi connectivity index (χ0n) is 12.2. The molecular weight excluding hydrogens is 222 g/mol. The molecule has 3 nitrogen and oxygen atoms in total. The van der Waals surface area contributed by atoms with Gasteiger partial charge in [-0.15, -0.1) is 0 Å². The lowest BCUT2D eigenvalue weighted by Crippen LogP contribution is -2.47. The van der Waals surface area contributed by atoms with E-state index >= 15 is 0 Å². The number of aryl methyl sites for hydroxylation is 1. The monoisotopic (exact) mass is 247 g/mol. The van der Waals surface area contributed by atoms with E-state index in [1.165, 1.54) is 11.1 Å². The summed E-state index contributed by atoms with van der Waals surface area (Å²) in [7, 11) is 1.80. The number of nitrogens with zero attached hydrogens (tertiary/aromatic N) is 1. The number of guanidine groups is 1. The zero-order valence-corrected chi connectivity index (χ0v) is 12.2. The number of hydrogen-bond donors (Lipinski definition) is 2. The molecule has 0 aliphatic carbocycles. The summed E-state index contributed by atoms with van der Waals surface area (Å²) in [5, 5.41) is 6.71. The summed E-state index contributed by atoms with van der Waals surface area (Å²) in [6.45, 7) is 9.36. The molecule has 0 fully saturated rings. The van der Waals surface area contributed by atoms with Crippen molar-refractivity contribution in [1.82, 2.24) is 10.6 Å². The smallest absolute Gasteiger partial charge is 0.191 e. The maximum Gasteiger partial charge on any atom is 0.191 e. The molecule has 18 heavy (non-hydrogen) atoms. The van der Waals surface area contributed by atoms with Gasteiger partial charge in [0.05, 0.1) is 0 Å². The van der Waals surface area contributed by atoms with Gasteiger partial charge in [0.2, 0.25) is 0 Å². The summed E-state index contributed by atoms with van der Waals surface area (Å²) in [6, 6.07) is 8.51. The summed E-state index contributed by atoms with van der Waals surface area (Å²) in [5.74, 6) is 0.841. The Morgan fingerprint density at radius 1 is 1.17 bits per heavy atom. The highest BCUT2D eigenvalue weighted by molar-refractivity contribution is 5.80. The Hall–Kier alpha value is -1.51. The van der Waals surface area contributed by atoms with Gasteiger partial charge in [-0.25, -0.2) is 0 Å². The Morgan fingerprint density at radius 2 is 1.78 bits per heavy atom. The SMILES string of the molecule is CCc1ccccc1CNC(=NC)NC(C)(C)C. The van der Waals surface area contributed by atoms with Gasteiger partial charge in [-0.3, -0.25) is 4.99 Å². The maximum atomic E-state index is 4.24. The van der Waals surface area contributed by atoms with Crippen LogP contribution in [0.15, 0.2) is 29.3 Å². The van der Waals surface area contributed by atoms with Crippen LogP contribution in [0.4, 0.5) is 0 Å². The average Bonchev–Trinajstić information content (AvgIpc) is 2.33. The minimum atomic E-state index is 0.0200. The first-order chi connectivity index (χ1) is 8.46. The number of benzene rings is 1. The van der Waals surface area contributed by atoms with Crippen molar-refractivity contribution in [2.24, 2.45) is 4.99 Å². The molecule has 0 aliphatic heterocycles. The second kappa shape index (κ2) is 6.43. The highest BCUT2D eigenvalue weighted by atomic mass is 15.2. The van der Waals surface area contributed by atoms with Gasteiger partial charge in [-0.2, -0.15) is 0 Å².